The topological polar surface area (TPSA) is 48.9 Å². The van der Waals surface area contributed by atoms with Gasteiger partial charge >= 0.3 is 0 Å². The maximum Gasteiger partial charge on any atom is 0.236 e. The van der Waals surface area contributed by atoms with Crippen molar-refractivity contribution in [2.24, 2.45) is 0 Å². The van der Waals surface area contributed by atoms with Crippen molar-refractivity contribution in [3.63, 3.8) is 0 Å². The lowest BCUT2D eigenvalue weighted by molar-refractivity contribution is -0.131. The molecule has 0 atom stereocenters. The second-order valence-electron chi connectivity index (χ2n) is 7.87. The molecule has 2 saturated heterocycles. The second-order valence-corrected chi connectivity index (χ2v) is 8.72. The Kier molecular flexibility index (Phi) is 6.79. The number of nitrogens with zero attached hydrogens (tertiary/aromatic N) is 4. The smallest absolute Gasteiger partial charge is 0.236 e. The molecule has 3 heterocycles. The van der Waals surface area contributed by atoms with E-state index < -0.39 is 0 Å². The molecule has 0 saturated carbocycles. The number of methoxy groups -OCH3 is 1. The molecule has 0 aliphatic carbocycles. The highest BCUT2D eigenvalue weighted by atomic mass is 32.1. The van der Waals surface area contributed by atoms with Crippen LogP contribution in [0.3, 0.4) is 0 Å². The number of rotatable bonds is 6. The Balaban J connectivity index is 1.29. The Morgan fingerprint density at radius 2 is 1.72 bits per heavy atom. The van der Waals surface area contributed by atoms with Gasteiger partial charge in [0, 0.05) is 43.7 Å². The van der Waals surface area contributed by atoms with E-state index in [0.717, 1.165) is 87.1 Å². The minimum Gasteiger partial charge on any atom is -0.497 e. The summed E-state index contributed by atoms with van der Waals surface area (Å²) in [5.74, 6) is 1.17. The molecule has 4 rings (SSSR count). The van der Waals surface area contributed by atoms with Gasteiger partial charge in [-0.15, -0.1) is 11.3 Å². The van der Waals surface area contributed by atoms with Crippen molar-refractivity contribution in [3.8, 4) is 16.3 Å². The third kappa shape index (κ3) is 5.35. The van der Waals surface area contributed by atoms with Gasteiger partial charge in [-0.3, -0.25) is 14.6 Å². The summed E-state index contributed by atoms with van der Waals surface area (Å²) in [5, 5.41) is 3.22. The molecule has 2 aliphatic rings. The Morgan fingerprint density at radius 1 is 1.00 bits per heavy atom. The number of likely N-dealkylation sites (tertiary alicyclic amines) is 1. The van der Waals surface area contributed by atoms with Crippen LogP contribution in [0.4, 0.5) is 0 Å². The van der Waals surface area contributed by atoms with E-state index in [1.807, 2.05) is 17.0 Å². The Bertz CT molecular complexity index is 801. The van der Waals surface area contributed by atoms with Crippen molar-refractivity contribution in [1.82, 2.24) is 19.7 Å². The summed E-state index contributed by atoms with van der Waals surface area (Å²) in [6, 6.07) is 8.07. The van der Waals surface area contributed by atoms with E-state index in [1.165, 1.54) is 0 Å². The fourth-order valence-corrected chi connectivity index (χ4v) is 4.89. The zero-order chi connectivity index (χ0) is 20.1. The van der Waals surface area contributed by atoms with Crippen LogP contribution in [0.2, 0.25) is 0 Å². The molecule has 2 aromatic rings. The van der Waals surface area contributed by atoms with Gasteiger partial charge < -0.3 is 9.64 Å². The van der Waals surface area contributed by atoms with Crippen molar-refractivity contribution in [2.45, 2.75) is 25.8 Å². The molecule has 1 aromatic carbocycles. The standard InChI is InChI=1S/C22H30N4O2S/c1-28-20-7-5-18(6-8-20)22-23-19(17-29-22)15-24-9-4-10-25(14-13-24)16-21(27)26-11-2-3-12-26/h5-8,17H,2-4,9-16H2,1H3. The van der Waals surface area contributed by atoms with Gasteiger partial charge in [-0.25, -0.2) is 4.98 Å². The maximum atomic E-state index is 12.4. The van der Waals surface area contributed by atoms with Gasteiger partial charge in [0.1, 0.15) is 10.8 Å². The van der Waals surface area contributed by atoms with E-state index in [0.29, 0.717) is 12.5 Å². The average Bonchev–Trinajstić information content (AvgIpc) is 3.39. The highest BCUT2D eigenvalue weighted by molar-refractivity contribution is 7.13. The molecule has 1 amide bonds. The molecule has 0 N–H and O–H groups in total. The fraction of sp³-hybridized carbons (Fsp3) is 0.545. The van der Waals surface area contributed by atoms with Crippen LogP contribution in [0.1, 0.15) is 25.0 Å². The molecule has 2 fully saturated rings. The fourth-order valence-electron chi connectivity index (χ4n) is 4.07. The third-order valence-electron chi connectivity index (χ3n) is 5.77. The van der Waals surface area contributed by atoms with Crippen LogP contribution in [0.25, 0.3) is 10.6 Å². The number of thiazole rings is 1. The zero-order valence-electron chi connectivity index (χ0n) is 17.2. The lowest BCUT2D eigenvalue weighted by atomic mass is 10.2. The summed E-state index contributed by atoms with van der Waals surface area (Å²) >= 11 is 1.69. The lowest BCUT2D eigenvalue weighted by Crippen LogP contribution is -2.40. The van der Waals surface area contributed by atoms with Crippen molar-refractivity contribution < 1.29 is 9.53 Å². The van der Waals surface area contributed by atoms with Crippen molar-refractivity contribution in [2.75, 3.05) is 52.9 Å². The predicted octanol–water partition coefficient (Wildman–Crippen LogP) is 2.95. The summed E-state index contributed by atoms with van der Waals surface area (Å²) < 4.78 is 5.23. The molecule has 29 heavy (non-hydrogen) atoms. The number of carbonyl (C=O) groups excluding carboxylic acids is 1. The highest BCUT2D eigenvalue weighted by Gasteiger charge is 2.22. The Labute approximate surface area is 177 Å². The second kappa shape index (κ2) is 9.69. The van der Waals surface area contributed by atoms with Crippen LogP contribution in [0, 0.1) is 0 Å². The number of carbonyl (C=O) groups is 1. The van der Waals surface area contributed by atoms with Crippen LogP contribution < -0.4 is 4.74 Å². The van der Waals surface area contributed by atoms with Crippen LogP contribution in [0.15, 0.2) is 29.6 Å². The molecule has 156 valence electrons. The average molecular weight is 415 g/mol. The summed E-state index contributed by atoms with van der Waals surface area (Å²) in [7, 11) is 1.68. The van der Waals surface area contributed by atoms with Gasteiger partial charge in [-0.1, -0.05) is 0 Å². The third-order valence-corrected chi connectivity index (χ3v) is 6.71. The van der Waals surface area contributed by atoms with Crippen molar-refractivity contribution >= 4 is 17.2 Å². The monoisotopic (exact) mass is 414 g/mol. The molecular formula is C22H30N4O2S. The van der Waals surface area contributed by atoms with E-state index >= 15 is 0 Å². The van der Waals surface area contributed by atoms with E-state index in [9.17, 15) is 4.79 Å². The maximum absolute atomic E-state index is 12.4. The molecule has 7 heteroatoms. The van der Waals surface area contributed by atoms with Crippen LogP contribution in [-0.4, -0.2) is 78.5 Å². The SMILES string of the molecule is COc1ccc(-c2nc(CN3CCCN(CC(=O)N4CCCC4)CC3)cs2)cc1. The number of ether oxygens (including phenoxy) is 1. The number of benzene rings is 1. The zero-order valence-corrected chi connectivity index (χ0v) is 18.0. The first-order valence-electron chi connectivity index (χ1n) is 10.5. The van der Waals surface area contributed by atoms with Gasteiger partial charge in [-0.2, -0.15) is 0 Å². The number of hydrogen-bond acceptors (Lipinski definition) is 6. The highest BCUT2D eigenvalue weighted by Crippen LogP contribution is 2.26. The van der Waals surface area contributed by atoms with Crippen LogP contribution in [-0.2, 0) is 11.3 Å². The van der Waals surface area contributed by atoms with Gasteiger partial charge in [-0.05, 0) is 56.6 Å². The molecule has 0 bridgehead atoms. The molecule has 0 spiro atoms. The van der Waals surface area contributed by atoms with Gasteiger partial charge in [0.2, 0.25) is 5.91 Å². The molecule has 0 unspecified atom stereocenters. The summed E-state index contributed by atoms with van der Waals surface area (Å²) in [6.07, 6.45) is 3.42. The minimum atomic E-state index is 0.305. The quantitative estimate of drug-likeness (QED) is 0.727. The van der Waals surface area contributed by atoms with E-state index in [1.54, 1.807) is 18.4 Å². The summed E-state index contributed by atoms with van der Waals surface area (Å²) in [5.41, 5.74) is 2.26. The first-order valence-corrected chi connectivity index (χ1v) is 11.4. The largest absolute Gasteiger partial charge is 0.497 e. The number of aromatic nitrogens is 1. The molecule has 2 aliphatic heterocycles. The van der Waals surface area contributed by atoms with Gasteiger partial charge in [0.15, 0.2) is 0 Å². The molecule has 1 aromatic heterocycles. The summed E-state index contributed by atoms with van der Waals surface area (Å²) in [6.45, 7) is 7.34. The molecular weight excluding hydrogens is 384 g/mol. The summed E-state index contributed by atoms with van der Waals surface area (Å²) in [4.78, 5) is 24.1. The van der Waals surface area contributed by atoms with Gasteiger partial charge in [0.05, 0.1) is 19.3 Å². The Hall–Kier alpha value is -1.96. The number of hydrogen-bond donors (Lipinski definition) is 0. The minimum absolute atomic E-state index is 0.305. The van der Waals surface area contributed by atoms with Crippen LogP contribution >= 0.6 is 11.3 Å². The lowest BCUT2D eigenvalue weighted by Gasteiger charge is -2.23. The molecule has 6 nitrogen and oxygen atoms in total. The number of amides is 1. The molecule has 0 radical (unpaired) electrons. The Morgan fingerprint density at radius 3 is 2.48 bits per heavy atom. The van der Waals surface area contributed by atoms with Crippen LogP contribution in [0.5, 0.6) is 5.75 Å². The predicted molar refractivity (Wildman–Crippen MR) is 116 cm³/mol. The van der Waals surface area contributed by atoms with Gasteiger partial charge in [0.25, 0.3) is 0 Å². The van der Waals surface area contributed by atoms with E-state index in [-0.39, 0.29) is 0 Å². The van der Waals surface area contributed by atoms with E-state index in [4.69, 9.17) is 9.72 Å². The van der Waals surface area contributed by atoms with Crippen molar-refractivity contribution in [1.29, 1.82) is 0 Å². The first-order chi connectivity index (χ1) is 14.2. The first kappa shape index (κ1) is 20.3. The van der Waals surface area contributed by atoms with E-state index in [2.05, 4.69) is 27.3 Å². The van der Waals surface area contributed by atoms with Crippen molar-refractivity contribution in [3.05, 3.63) is 35.3 Å². The normalized spacial score (nSPS) is 18.7.